The Morgan fingerprint density at radius 2 is 1.89 bits per heavy atom. The molecule has 0 saturated heterocycles. The van der Waals surface area contributed by atoms with E-state index < -0.39 is 0 Å². The van der Waals surface area contributed by atoms with Gasteiger partial charge in [-0.05, 0) is 36.7 Å². The molecule has 0 aromatic carbocycles. The second-order valence-corrected chi connectivity index (χ2v) is 4.19. The summed E-state index contributed by atoms with van der Waals surface area (Å²) in [6.45, 7) is 1.96. The first-order valence-corrected chi connectivity index (χ1v) is 6.07. The van der Waals surface area contributed by atoms with Crippen LogP contribution in [0.25, 0.3) is 17.0 Å². The molecule has 5 heteroatoms. The molecule has 19 heavy (non-hydrogen) atoms. The Kier molecular flexibility index (Phi) is 4.60. The molecule has 0 radical (unpaired) electrons. The molecule has 3 heterocycles. The van der Waals surface area contributed by atoms with Crippen LogP contribution in [0.3, 0.4) is 0 Å². The Morgan fingerprint density at radius 1 is 1.05 bits per heavy atom. The second kappa shape index (κ2) is 6.41. The van der Waals surface area contributed by atoms with Gasteiger partial charge in [0, 0.05) is 30.7 Å². The van der Waals surface area contributed by atoms with Crippen LogP contribution in [0.4, 0.5) is 0 Å². The molecule has 2 aromatic rings. The summed E-state index contributed by atoms with van der Waals surface area (Å²) in [4.78, 5) is 12.9. The highest BCUT2D eigenvalue weighted by Crippen LogP contribution is 2.20. The van der Waals surface area contributed by atoms with Crippen molar-refractivity contribution in [1.82, 2.24) is 20.3 Å². The van der Waals surface area contributed by atoms with Crippen LogP contribution in [0.5, 0.6) is 0 Å². The van der Waals surface area contributed by atoms with Crippen molar-refractivity contribution in [3.63, 3.8) is 0 Å². The van der Waals surface area contributed by atoms with E-state index in [1.54, 1.807) is 12.4 Å². The average Bonchev–Trinajstić information content (AvgIpc) is 2.49. The van der Waals surface area contributed by atoms with Gasteiger partial charge in [-0.2, -0.15) is 0 Å². The molecule has 3 rings (SSSR count). The molecule has 1 N–H and O–H groups in total. The topological polar surface area (TPSA) is 50.7 Å². The third-order valence-electron chi connectivity index (χ3n) is 2.98. The Bertz CT molecular complexity index is 551. The van der Waals surface area contributed by atoms with Crippen LogP contribution in [0.15, 0.2) is 42.9 Å². The lowest BCUT2D eigenvalue weighted by Gasteiger charge is -2.13. The monoisotopic (exact) mass is 274 g/mol. The minimum Gasteiger partial charge on any atom is -0.313 e. The van der Waals surface area contributed by atoms with E-state index in [-0.39, 0.29) is 12.4 Å². The van der Waals surface area contributed by atoms with Crippen molar-refractivity contribution in [3.8, 4) is 11.4 Å². The Balaban J connectivity index is 0.00000133. The molecule has 2 aromatic heterocycles. The summed E-state index contributed by atoms with van der Waals surface area (Å²) in [6, 6.07) is 5.88. The predicted molar refractivity (Wildman–Crippen MR) is 78.0 cm³/mol. The maximum absolute atomic E-state index is 4.50. The van der Waals surface area contributed by atoms with Crippen molar-refractivity contribution in [1.29, 1.82) is 0 Å². The molecule has 98 valence electrons. The minimum absolute atomic E-state index is 0. The number of hydrogen-bond acceptors (Lipinski definition) is 4. The van der Waals surface area contributed by atoms with Gasteiger partial charge >= 0.3 is 0 Å². The van der Waals surface area contributed by atoms with Crippen molar-refractivity contribution in [2.45, 2.75) is 6.42 Å². The third-order valence-corrected chi connectivity index (χ3v) is 2.98. The van der Waals surface area contributed by atoms with Gasteiger partial charge in [0.25, 0.3) is 0 Å². The van der Waals surface area contributed by atoms with Crippen LogP contribution in [0.1, 0.15) is 12.1 Å². The summed E-state index contributed by atoms with van der Waals surface area (Å²) in [6.07, 6.45) is 8.56. The van der Waals surface area contributed by atoms with E-state index in [2.05, 4.69) is 26.3 Å². The summed E-state index contributed by atoms with van der Waals surface area (Å²) >= 11 is 0. The summed E-state index contributed by atoms with van der Waals surface area (Å²) in [5.74, 6) is 0.718. The van der Waals surface area contributed by atoms with E-state index in [9.17, 15) is 0 Å². The molecule has 0 atom stereocenters. The molecule has 1 aliphatic rings. The number of nitrogens with one attached hydrogen (secondary N) is 1. The van der Waals surface area contributed by atoms with Gasteiger partial charge in [-0.15, -0.1) is 12.4 Å². The molecule has 1 aliphatic heterocycles. The lowest BCUT2D eigenvalue weighted by Crippen LogP contribution is -2.20. The van der Waals surface area contributed by atoms with E-state index in [0.717, 1.165) is 36.6 Å². The number of hydrogen-bond donors (Lipinski definition) is 1. The highest BCUT2D eigenvalue weighted by Gasteiger charge is 2.07. The fourth-order valence-corrected chi connectivity index (χ4v) is 2.02. The van der Waals surface area contributed by atoms with Crippen molar-refractivity contribution in [3.05, 3.63) is 48.6 Å². The van der Waals surface area contributed by atoms with Crippen LogP contribution in [0, 0.1) is 0 Å². The number of halogens is 1. The Labute approximate surface area is 118 Å². The minimum atomic E-state index is 0. The zero-order valence-electron chi connectivity index (χ0n) is 10.4. The summed E-state index contributed by atoms with van der Waals surface area (Å²) in [5.41, 5.74) is 3.32. The van der Waals surface area contributed by atoms with Crippen LogP contribution in [-0.2, 0) is 0 Å². The fourth-order valence-electron chi connectivity index (χ4n) is 2.02. The molecule has 0 aliphatic carbocycles. The number of pyridine rings is 1. The van der Waals surface area contributed by atoms with Gasteiger partial charge in [0.2, 0.25) is 0 Å². The molecule has 0 fully saturated rings. The standard InChI is InChI=1S/C14H14N4.ClH/c1-6-16-14(17-7-1)12-2-3-13(18-10-12)11-4-8-15-9-5-11;/h1-4,6-7,10,15H,5,8-9H2;1H. The lowest BCUT2D eigenvalue weighted by atomic mass is 10.0. The van der Waals surface area contributed by atoms with Gasteiger partial charge in [-0.1, -0.05) is 6.08 Å². The number of aromatic nitrogens is 3. The maximum atomic E-state index is 4.50. The van der Waals surface area contributed by atoms with Crippen molar-refractivity contribution in [2.75, 3.05) is 13.1 Å². The maximum Gasteiger partial charge on any atom is 0.160 e. The van der Waals surface area contributed by atoms with E-state index in [0.29, 0.717) is 0 Å². The largest absolute Gasteiger partial charge is 0.313 e. The van der Waals surface area contributed by atoms with E-state index >= 15 is 0 Å². The molecule has 0 unspecified atom stereocenters. The van der Waals surface area contributed by atoms with Crippen LogP contribution >= 0.6 is 12.4 Å². The molecule has 4 nitrogen and oxygen atoms in total. The Hall–Kier alpha value is -1.78. The molecule has 0 spiro atoms. The van der Waals surface area contributed by atoms with Gasteiger partial charge in [0.15, 0.2) is 5.82 Å². The first-order valence-electron chi connectivity index (χ1n) is 6.07. The summed E-state index contributed by atoms with van der Waals surface area (Å²) in [7, 11) is 0. The second-order valence-electron chi connectivity index (χ2n) is 4.19. The van der Waals surface area contributed by atoms with E-state index in [1.165, 1.54) is 5.57 Å². The molecule has 0 amide bonds. The molecule has 0 bridgehead atoms. The SMILES string of the molecule is C1=C(c2ccc(-c3ncccn3)cn2)CCNC1.Cl. The zero-order chi connectivity index (χ0) is 12.2. The van der Waals surface area contributed by atoms with Crippen molar-refractivity contribution < 1.29 is 0 Å². The van der Waals surface area contributed by atoms with Crippen LogP contribution < -0.4 is 5.32 Å². The highest BCUT2D eigenvalue weighted by molar-refractivity contribution is 5.85. The van der Waals surface area contributed by atoms with Crippen molar-refractivity contribution >= 4 is 18.0 Å². The smallest absolute Gasteiger partial charge is 0.160 e. The lowest BCUT2D eigenvalue weighted by molar-refractivity contribution is 0.737. The first kappa shape index (κ1) is 13.6. The van der Waals surface area contributed by atoms with Crippen LogP contribution in [-0.4, -0.2) is 28.0 Å². The van der Waals surface area contributed by atoms with Gasteiger partial charge < -0.3 is 5.32 Å². The zero-order valence-corrected chi connectivity index (χ0v) is 11.2. The third kappa shape index (κ3) is 3.16. The predicted octanol–water partition coefficient (Wildman–Crippen LogP) is 2.34. The van der Waals surface area contributed by atoms with E-state index in [1.807, 2.05) is 24.4 Å². The van der Waals surface area contributed by atoms with Gasteiger partial charge in [0.05, 0.1) is 5.69 Å². The molecular formula is C14H15ClN4. The van der Waals surface area contributed by atoms with Gasteiger partial charge in [0.1, 0.15) is 0 Å². The summed E-state index contributed by atoms with van der Waals surface area (Å²) in [5, 5.41) is 3.30. The quantitative estimate of drug-likeness (QED) is 0.913. The molecular weight excluding hydrogens is 260 g/mol. The first-order chi connectivity index (χ1) is 8.93. The highest BCUT2D eigenvalue weighted by atomic mass is 35.5. The fraction of sp³-hybridized carbons (Fsp3) is 0.214. The van der Waals surface area contributed by atoms with Crippen LogP contribution in [0.2, 0.25) is 0 Å². The number of rotatable bonds is 2. The van der Waals surface area contributed by atoms with Gasteiger partial charge in [-0.25, -0.2) is 9.97 Å². The van der Waals surface area contributed by atoms with E-state index in [4.69, 9.17) is 0 Å². The number of nitrogens with zero attached hydrogens (tertiary/aromatic N) is 3. The normalized spacial score (nSPS) is 14.4. The Morgan fingerprint density at radius 3 is 2.53 bits per heavy atom. The van der Waals surface area contributed by atoms with Crippen molar-refractivity contribution in [2.24, 2.45) is 0 Å². The average molecular weight is 275 g/mol. The summed E-state index contributed by atoms with van der Waals surface area (Å²) < 4.78 is 0. The van der Waals surface area contributed by atoms with Gasteiger partial charge in [-0.3, -0.25) is 4.98 Å². The molecule has 0 saturated carbocycles.